The van der Waals surface area contributed by atoms with Gasteiger partial charge in [-0.2, -0.15) is 0 Å². The summed E-state index contributed by atoms with van der Waals surface area (Å²) < 4.78 is 5.09. The molecule has 2 aliphatic rings. The third-order valence-corrected chi connectivity index (χ3v) is 3.77. The second-order valence-corrected chi connectivity index (χ2v) is 5.06. The Morgan fingerprint density at radius 2 is 2.10 bits per heavy atom. The molecule has 20 heavy (non-hydrogen) atoms. The fourth-order valence-electron chi connectivity index (χ4n) is 2.88. The van der Waals surface area contributed by atoms with Crippen LogP contribution in [0.25, 0.3) is 0 Å². The molecule has 6 heteroatoms. The van der Waals surface area contributed by atoms with Crippen molar-refractivity contribution < 1.29 is 19.4 Å². The largest absolute Gasteiger partial charge is 0.391 e. The highest BCUT2D eigenvalue weighted by atomic mass is 16.5. The molecule has 3 rings (SSSR count). The highest BCUT2D eigenvalue weighted by Gasteiger charge is 2.44. The molecule has 2 amide bonds. The molecule has 6 nitrogen and oxygen atoms in total. The Morgan fingerprint density at radius 3 is 2.85 bits per heavy atom. The van der Waals surface area contributed by atoms with E-state index in [0.717, 1.165) is 0 Å². The van der Waals surface area contributed by atoms with E-state index in [1.165, 1.54) is 16.9 Å². The molecule has 106 valence electrons. The Kier molecular flexibility index (Phi) is 3.19. The van der Waals surface area contributed by atoms with Crippen molar-refractivity contribution in [2.24, 2.45) is 0 Å². The zero-order chi connectivity index (χ0) is 14.3. The number of rotatable bonds is 2. The number of methoxy groups -OCH3 is 1. The summed E-state index contributed by atoms with van der Waals surface area (Å²) in [5.41, 5.74) is 1.03. The van der Waals surface area contributed by atoms with Crippen molar-refractivity contribution >= 4 is 17.5 Å². The normalized spacial score (nSPS) is 25.5. The zero-order valence-corrected chi connectivity index (χ0v) is 11.2. The van der Waals surface area contributed by atoms with Crippen LogP contribution >= 0.6 is 0 Å². The summed E-state index contributed by atoms with van der Waals surface area (Å²) in [6, 6.07) is 6.37. The summed E-state index contributed by atoms with van der Waals surface area (Å²) in [7, 11) is 1.50. The monoisotopic (exact) mass is 276 g/mol. The summed E-state index contributed by atoms with van der Waals surface area (Å²) >= 11 is 0. The van der Waals surface area contributed by atoms with Crippen LogP contribution < -0.4 is 4.90 Å². The predicted molar refractivity (Wildman–Crippen MR) is 71.3 cm³/mol. The molecule has 2 atom stereocenters. The van der Waals surface area contributed by atoms with Gasteiger partial charge in [-0.25, -0.2) is 0 Å². The quantitative estimate of drug-likeness (QED) is 0.838. The van der Waals surface area contributed by atoms with Gasteiger partial charge in [0.25, 0.3) is 11.8 Å². The molecule has 0 aromatic heterocycles. The summed E-state index contributed by atoms with van der Waals surface area (Å²) in [4.78, 5) is 28.1. The molecule has 1 saturated heterocycles. The zero-order valence-electron chi connectivity index (χ0n) is 11.2. The van der Waals surface area contributed by atoms with Crippen molar-refractivity contribution in [2.45, 2.75) is 18.6 Å². The molecule has 0 saturated carbocycles. The minimum atomic E-state index is -0.650. The van der Waals surface area contributed by atoms with E-state index in [1.807, 2.05) is 0 Å². The van der Waals surface area contributed by atoms with Crippen LogP contribution in [0.1, 0.15) is 16.8 Å². The SMILES string of the molecule is COCN1C(=O)[C@@H]2C[C@@H](O)CN2C(=O)c2ccccc21. The van der Waals surface area contributed by atoms with Crippen LogP contribution in [0.3, 0.4) is 0 Å². The van der Waals surface area contributed by atoms with Crippen LogP contribution in [0.15, 0.2) is 24.3 Å². The van der Waals surface area contributed by atoms with Gasteiger partial charge in [-0.3, -0.25) is 14.5 Å². The topological polar surface area (TPSA) is 70.1 Å². The van der Waals surface area contributed by atoms with Gasteiger partial charge >= 0.3 is 0 Å². The van der Waals surface area contributed by atoms with E-state index >= 15 is 0 Å². The molecule has 0 unspecified atom stereocenters. The van der Waals surface area contributed by atoms with E-state index < -0.39 is 12.1 Å². The number of carbonyl (C=O) groups is 2. The minimum Gasteiger partial charge on any atom is -0.391 e. The van der Waals surface area contributed by atoms with Gasteiger partial charge in [0.15, 0.2) is 0 Å². The van der Waals surface area contributed by atoms with Crippen LogP contribution in [0.5, 0.6) is 0 Å². The van der Waals surface area contributed by atoms with E-state index in [4.69, 9.17) is 4.74 Å². The smallest absolute Gasteiger partial charge is 0.256 e. The fraction of sp³-hybridized carbons (Fsp3) is 0.429. The second-order valence-electron chi connectivity index (χ2n) is 5.06. The summed E-state index contributed by atoms with van der Waals surface area (Å²) in [5.74, 6) is -0.421. The van der Waals surface area contributed by atoms with Crippen LogP contribution in [0.2, 0.25) is 0 Å². The number of hydrogen-bond acceptors (Lipinski definition) is 4. The number of anilines is 1. The molecule has 0 bridgehead atoms. The highest BCUT2D eigenvalue weighted by molar-refractivity contribution is 6.11. The number of carbonyl (C=O) groups excluding carboxylic acids is 2. The van der Waals surface area contributed by atoms with Gasteiger partial charge in [0, 0.05) is 20.1 Å². The standard InChI is InChI=1S/C14H16N2O4/c1-20-8-16-11-5-3-2-4-10(11)13(18)15-7-9(17)6-12(15)14(16)19/h2-5,9,12,17H,6-8H2,1H3/t9-,12+/m1/s1. The molecular formula is C14H16N2O4. The summed E-state index contributed by atoms with van der Waals surface area (Å²) in [6.45, 7) is 0.286. The molecule has 0 radical (unpaired) electrons. The van der Waals surface area contributed by atoms with Gasteiger partial charge < -0.3 is 14.7 Å². The van der Waals surface area contributed by atoms with Crippen molar-refractivity contribution in [1.29, 1.82) is 0 Å². The number of para-hydroxylation sites is 1. The van der Waals surface area contributed by atoms with Gasteiger partial charge in [0.1, 0.15) is 12.8 Å². The van der Waals surface area contributed by atoms with Crippen LogP contribution in [-0.4, -0.2) is 54.4 Å². The Labute approximate surface area is 116 Å². The number of nitrogens with zero attached hydrogens (tertiary/aromatic N) is 2. The first-order valence-corrected chi connectivity index (χ1v) is 6.52. The van der Waals surface area contributed by atoms with Crippen LogP contribution in [-0.2, 0) is 9.53 Å². The van der Waals surface area contributed by atoms with E-state index in [1.54, 1.807) is 24.3 Å². The van der Waals surface area contributed by atoms with E-state index in [9.17, 15) is 14.7 Å². The molecule has 2 aliphatic heterocycles. The van der Waals surface area contributed by atoms with Crippen molar-refractivity contribution in [1.82, 2.24) is 4.90 Å². The first-order valence-electron chi connectivity index (χ1n) is 6.52. The lowest BCUT2D eigenvalue weighted by Gasteiger charge is -2.24. The molecule has 1 N–H and O–H groups in total. The van der Waals surface area contributed by atoms with Gasteiger partial charge in [0.2, 0.25) is 0 Å². The average molecular weight is 276 g/mol. The summed E-state index contributed by atoms with van der Waals surface area (Å²) in [6.07, 6.45) is -0.374. The minimum absolute atomic E-state index is 0.0869. The molecule has 1 aromatic carbocycles. The van der Waals surface area contributed by atoms with Crippen LogP contribution in [0, 0.1) is 0 Å². The van der Waals surface area contributed by atoms with E-state index in [0.29, 0.717) is 11.3 Å². The Hall–Kier alpha value is -1.92. The lowest BCUT2D eigenvalue weighted by atomic mass is 10.1. The maximum Gasteiger partial charge on any atom is 0.256 e. The average Bonchev–Trinajstić information content (AvgIpc) is 2.82. The molecule has 1 aromatic rings. The first kappa shape index (κ1) is 13.1. The first-order chi connectivity index (χ1) is 9.63. The van der Waals surface area contributed by atoms with E-state index in [-0.39, 0.29) is 31.5 Å². The Balaban J connectivity index is 2.11. The van der Waals surface area contributed by atoms with E-state index in [2.05, 4.69) is 0 Å². The molecule has 1 fully saturated rings. The Morgan fingerprint density at radius 1 is 1.35 bits per heavy atom. The van der Waals surface area contributed by atoms with Crippen molar-refractivity contribution in [3.63, 3.8) is 0 Å². The predicted octanol–water partition coefficient (Wildman–Crippen LogP) is 0.212. The number of fused-ring (bicyclic) bond motifs is 2. The maximum atomic E-state index is 12.6. The number of aliphatic hydroxyl groups is 1. The Bertz CT molecular complexity index is 560. The van der Waals surface area contributed by atoms with Gasteiger partial charge in [-0.05, 0) is 12.1 Å². The molecular weight excluding hydrogens is 260 g/mol. The van der Waals surface area contributed by atoms with Gasteiger partial charge in [-0.1, -0.05) is 12.1 Å². The van der Waals surface area contributed by atoms with Crippen molar-refractivity contribution in [3.05, 3.63) is 29.8 Å². The molecule has 0 aliphatic carbocycles. The van der Waals surface area contributed by atoms with Crippen LogP contribution in [0.4, 0.5) is 5.69 Å². The van der Waals surface area contributed by atoms with Gasteiger partial charge in [-0.15, -0.1) is 0 Å². The lowest BCUT2D eigenvalue weighted by Crippen LogP contribution is -2.45. The number of ether oxygens (including phenoxy) is 1. The highest BCUT2D eigenvalue weighted by Crippen LogP contribution is 2.32. The number of benzene rings is 1. The third-order valence-electron chi connectivity index (χ3n) is 3.77. The van der Waals surface area contributed by atoms with Gasteiger partial charge in [0.05, 0.1) is 17.4 Å². The molecule has 2 heterocycles. The third kappa shape index (κ3) is 1.88. The second kappa shape index (κ2) is 4.88. The summed E-state index contributed by atoms with van der Waals surface area (Å²) in [5, 5.41) is 9.76. The lowest BCUT2D eigenvalue weighted by molar-refractivity contribution is -0.123. The fourth-order valence-corrected chi connectivity index (χ4v) is 2.88. The molecule has 0 spiro atoms. The number of hydrogen-bond donors (Lipinski definition) is 1. The number of amides is 2. The van der Waals surface area contributed by atoms with Crippen molar-refractivity contribution in [3.8, 4) is 0 Å². The maximum absolute atomic E-state index is 12.6. The number of aliphatic hydroxyl groups excluding tert-OH is 1. The van der Waals surface area contributed by atoms with Crippen molar-refractivity contribution in [2.75, 3.05) is 25.3 Å².